The molecule has 0 aliphatic rings. The fourth-order valence-corrected chi connectivity index (χ4v) is 2.71. The third kappa shape index (κ3) is 1.20. The Balaban J connectivity index is 2.46. The van der Waals surface area contributed by atoms with Crippen LogP contribution in [0.25, 0.3) is 32.3 Å². The highest BCUT2D eigenvalue weighted by molar-refractivity contribution is 6.24. The summed E-state index contributed by atoms with van der Waals surface area (Å²) in [6, 6.07) is 27.5. The van der Waals surface area contributed by atoms with Gasteiger partial charge in [-0.15, -0.1) is 0 Å². The predicted octanol–water partition coefficient (Wildman–Crippen LogP) is 4.75. The van der Waals surface area contributed by atoms with Crippen molar-refractivity contribution in [2.75, 3.05) is 0 Å². The van der Waals surface area contributed by atoms with Crippen LogP contribution >= 0.6 is 0 Å². The van der Waals surface area contributed by atoms with E-state index in [1.807, 2.05) is 18.2 Å². The topological polar surface area (TPSA) is 0 Å². The van der Waals surface area contributed by atoms with Crippen LogP contribution in [0.4, 0.5) is 0 Å². The molecule has 0 aliphatic carbocycles. The Kier molecular flexibility index (Phi) is 1.92. The molecule has 18 heavy (non-hydrogen) atoms. The normalized spacial score (nSPS) is 11.3. The highest BCUT2D eigenvalue weighted by Gasteiger charge is 2.06. The summed E-state index contributed by atoms with van der Waals surface area (Å²) in [5, 5.41) is 7.55. The fraction of sp³-hybridized carbons (Fsp3) is 0. The molecule has 0 spiro atoms. The van der Waals surface area contributed by atoms with E-state index in [1.54, 1.807) is 0 Å². The summed E-state index contributed by atoms with van der Waals surface area (Å²) in [6.07, 6.45) is 0. The van der Waals surface area contributed by atoms with E-state index < -0.39 is 0 Å². The van der Waals surface area contributed by atoms with Gasteiger partial charge in [0.25, 0.3) is 0 Å². The first-order valence-corrected chi connectivity index (χ1v) is 6.06. The van der Waals surface area contributed by atoms with Gasteiger partial charge in [0.15, 0.2) is 0 Å². The van der Waals surface area contributed by atoms with Crippen molar-refractivity contribution in [1.82, 2.24) is 0 Å². The van der Waals surface area contributed by atoms with Crippen molar-refractivity contribution in [3.63, 3.8) is 0 Å². The van der Waals surface area contributed by atoms with Gasteiger partial charge in [0.2, 0.25) is 0 Å². The Morgan fingerprint density at radius 2 is 1.33 bits per heavy atom. The Labute approximate surface area is 105 Å². The van der Waals surface area contributed by atoms with E-state index in [0.29, 0.717) is 0 Å². The zero-order chi connectivity index (χ0) is 11.9. The van der Waals surface area contributed by atoms with E-state index >= 15 is 0 Å². The number of benzene rings is 4. The number of fused-ring (bicyclic) bond motifs is 6. The molecular formula is C18H10. The summed E-state index contributed by atoms with van der Waals surface area (Å²) in [7, 11) is 0. The second-order valence-corrected chi connectivity index (χ2v) is 4.48. The van der Waals surface area contributed by atoms with Crippen molar-refractivity contribution in [1.29, 1.82) is 0 Å². The van der Waals surface area contributed by atoms with Gasteiger partial charge < -0.3 is 0 Å². The van der Waals surface area contributed by atoms with Gasteiger partial charge in [-0.05, 0) is 50.5 Å². The van der Waals surface area contributed by atoms with Crippen molar-refractivity contribution in [2.24, 2.45) is 0 Å². The van der Waals surface area contributed by atoms with Crippen LogP contribution < -0.4 is 0 Å². The maximum Gasteiger partial charge on any atom is -0.00199 e. The number of hydrogen-bond acceptors (Lipinski definition) is 0. The molecule has 0 unspecified atom stereocenters. The molecule has 0 aliphatic heterocycles. The van der Waals surface area contributed by atoms with Gasteiger partial charge in [-0.3, -0.25) is 0 Å². The summed E-state index contributed by atoms with van der Waals surface area (Å²) in [4.78, 5) is 0. The van der Waals surface area contributed by atoms with Crippen molar-refractivity contribution < 1.29 is 0 Å². The van der Waals surface area contributed by atoms with E-state index in [-0.39, 0.29) is 0 Å². The predicted molar refractivity (Wildman–Crippen MR) is 76.6 cm³/mol. The molecule has 0 N–H and O–H groups in total. The molecular weight excluding hydrogens is 216 g/mol. The van der Waals surface area contributed by atoms with Crippen LogP contribution in [0.3, 0.4) is 0 Å². The van der Waals surface area contributed by atoms with Gasteiger partial charge in [-0.1, -0.05) is 54.6 Å². The quantitative estimate of drug-likeness (QED) is 0.380. The molecule has 2 radical (unpaired) electrons. The number of rotatable bonds is 0. The van der Waals surface area contributed by atoms with Crippen molar-refractivity contribution >= 4 is 32.3 Å². The molecule has 0 heteroatoms. The van der Waals surface area contributed by atoms with Crippen LogP contribution in [-0.4, -0.2) is 0 Å². The van der Waals surface area contributed by atoms with Gasteiger partial charge in [0.05, 0.1) is 0 Å². The molecule has 0 amide bonds. The second-order valence-electron chi connectivity index (χ2n) is 4.48. The Morgan fingerprint density at radius 3 is 2.22 bits per heavy atom. The van der Waals surface area contributed by atoms with E-state index in [4.69, 9.17) is 0 Å². The summed E-state index contributed by atoms with van der Waals surface area (Å²) < 4.78 is 0. The van der Waals surface area contributed by atoms with Crippen LogP contribution in [0.5, 0.6) is 0 Å². The lowest BCUT2D eigenvalue weighted by molar-refractivity contribution is 1.76. The zero-order valence-corrected chi connectivity index (χ0v) is 9.77. The largest absolute Gasteiger partial charge is 0.0616 e. The fourth-order valence-electron chi connectivity index (χ4n) is 2.71. The van der Waals surface area contributed by atoms with Crippen LogP contribution in [0.15, 0.2) is 60.7 Å². The lowest BCUT2D eigenvalue weighted by Crippen LogP contribution is -1.82. The van der Waals surface area contributed by atoms with Gasteiger partial charge in [-0.25, -0.2) is 0 Å². The van der Waals surface area contributed by atoms with E-state index in [1.165, 1.54) is 32.3 Å². The molecule has 0 heterocycles. The van der Waals surface area contributed by atoms with E-state index in [2.05, 4.69) is 54.6 Å². The minimum atomic E-state index is 1.18. The monoisotopic (exact) mass is 226 g/mol. The summed E-state index contributed by atoms with van der Waals surface area (Å²) in [5.41, 5.74) is 0. The Morgan fingerprint density at radius 1 is 0.611 bits per heavy atom. The highest BCUT2D eigenvalue weighted by atomic mass is 14.1. The molecule has 0 saturated carbocycles. The molecule has 82 valence electrons. The number of hydrogen-bond donors (Lipinski definition) is 0. The van der Waals surface area contributed by atoms with Crippen LogP contribution in [-0.2, 0) is 0 Å². The minimum absolute atomic E-state index is 1.18. The minimum Gasteiger partial charge on any atom is -0.0616 e. The average Bonchev–Trinajstić information content (AvgIpc) is 2.48. The Bertz CT molecular complexity index is 652. The van der Waals surface area contributed by atoms with Gasteiger partial charge in [-0.2, -0.15) is 0 Å². The van der Waals surface area contributed by atoms with Crippen molar-refractivity contribution in [3.8, 4) is 0 Å². The SMILES string of the molecule is [c]1ccc2c(c1)c1[c]cccc1c1ccccc21. The second kappa shape index (κ2) is 3.58. The molecule has 0 nitrogen and oxygen atoms in total. The zero-order valence-electron chi connectivity index (χ0n) is 9.77. The van der Waals surface area contributed by atoms with Gasteiger partial charge in [0.1, 0.15) is 0 Å². The van der Waals surface area contributed by atoms with E-state index in [9.17, 15) is 0 Å². The highest BCUT2D eigenvalue weighted by Crippen LogP contribution is 2.33. The molecule has 4 aromatic carbocycles. The average molecular weight is 226 g/mol. The van der Waals surface area contributed by atoms with Crippen LogP contribution in [0, 0.1) is 12.1 Å². The van der Waals surface area contributed by atoms with E-state index in [0.717, 1.165) is 0 Å². The van der Waals surface area contributed by atoms with Crippen LogP contribution in [0.2, 0.25) is 0 Å². The lowest BCUT2D eigenvalue weighted by atomic mass is 9.95. The first kappa shape index (κ1) is 9.67. The first-order valence-electron chi connectivity index (χ1n) is 6.06. The molecule has 0 aromatic heterocycles. The maximum atomic E-state index is 3.37. The Hall–Kier alpha value is -2.34. The van der Waals surface area contributed by atoms with Crippen molar-refractivity contribution in [2.45, 2.75) is 0 Å². The smallest absolute Gasteiger partial charge is 0.00199 e. The molecule has 0 bridgehead atoms. The first-order chi connectivity index (χ1) is 8.95. The van der Waals surface area contributed by atoms with Crippen LogP contribution in [0.1, 0.15) is 0 Å². The summed E-state index contributed by atoms with van der Waals surface area (Å²) >= 11 is 0. The molecule has 0 atom stereocenters. The maximum absolute atomic E-state index is 3.37. The molecule has 4 aromatic rings. The molecule has 0 fully saturated rings. The molecule has 0 saturated heterocycles. The van der Waals surface area contributed by atoms with Crippen molar-refractivity contribution in [3.05, 3.63) is 72.8 Å². The summed E-state index contributed by atoms with van der Waals surface area (Å²) in [6.45, 7) is 0. The van der Waals surface area contributed by atoms with Gasteiger partial charge in [0, 0.05) is 0 Å². The lowest BCUT2D eigenvalue weighted by Gasteiger charge is -2.09. The summed E-state index contributed by atoms with van der Waals surface area (Å²) in [5.74, 6) is 0. The third-order valence-electron chi connectivity index (χ3n) is 3.50. The standard InChI is InChI=1S/C18H10/c1-2-8-14-13(7-1)15-9-3-4-11-17(15)18-12-6-5-10-16(14)18/h1-5,7-10,12H. The molecule has 4 rings (SSSR count). The van der Waals surface area contributed by atoms with Gasteiger partial charge >= 0.3 is 0 Å². The third-order valence-corrected chi connectivity index (χ3v) is 3.50.